The van der Waals surface area contributed by atoms with Crippen LogP contribution in [0.15, 0.2) is 29.2 Å². The molecule has 1 heterocycles. The van der Waals surface area contributed by atoms with E-state index >= 15 is 0 Å². The van der Waals surface area contributed by atoms with Crippen LogP contribution >= 0.6 is 12.6 Å². The number of rotatable bonds is 1. The van der Waals surface area contributed by atoms with Gasteiger partial charge in [0.25, 0.3) is 5.91 Å². The first-order valence-electron chi connectivity index (χ1n) is 5.29. The molecule has 1 atom stereocenters. The summed E-state index contributed by atoms with van der Waals surface area (Å²) in [6.07, 6.45) is 0.642. The zero-order valence-corrected chi connectivity index (χ0v) is 10.1. The van der Waals surface area contributed by atoms with Crippen LogP contribution in [-0.4, -0.2) is 34.6 Å². The van der Waals surface area contributed by atoms with Gasteiger partial charge in [0, 0.05) is 23.5 Å². The maximum atomic E-state index is 12.0. The first kappa shape index (κ1) is 11.5. The average molecular weight is 237 g/mol. The molecule has 1 unspecified atom stereocenters. The van der Waals surface area contributed by atoms with Crippen molar-refractivity contribution >= 4 is 18.5 Å². The van der Waals surface area contributed by atoms with Gasteiger partial charge in [0.05, 0.1) is 5.60 Å². The number of benzene rings is 1. The van der Waals surface area contributed by atoms with Gasteiger partial charge in [-0.3, -0.25) is 4.79 Å². The molecule has 2 rings (SSSR count). The van der Waals surface area contributed by atoms with Crippen LogP contribution in [0.1, 0.15) is 23.7 Å². The third-order valence-electron chi connectivity index (χ3n) is 2.85. The molecule has 1 aliphatic rings. The quantitative estimate of drug-likeness (QED) is 0.728. The lowest BCUT2D eigenvalue weighted by molar-refractivity contribution is 0.0572. The van der Waals surface area contributed by atoms with Gasteiger partial charge in [-0.25, -0.2) is 0 Å². The van der Waals surface area contributed by atoms with Crippen LogP contribution in [0.4, 0.5) is 0 Å². The molecule has 0 bridgehead atoms. The van der Waals surface area contributed by atoms with Crippen molar-refractivity contribution in [2.75, 3.05) is 13.1 Å². The summed E-state index contributed by atoms with van der Waals surface area (Å²) in [6, 6.07) is 7.12. The average Bonchev–Trinajstić information content (AvgIpc) is 2.59. The van der Waals surface area contributed by atoms with E-state index in [0.29, 0.717) is 25.1 Å². The minimum atomic E-state index is -0.737. The van der Waals surface area contributed by atoms with E-state index in [1.807, 2.05) is 0 Å². The molecule has 0 spiro atoms. The van der Waals surface area contributed by atoms with E-state index in [1.54, 1.807) is 36.1 Å². The lowest BCUT2D eigenvalue weighted by Gasteiger charge is -2.19. The summed E-state index contributed by atoms with van der Waals surface area (Å²) in [4.78, 5) is 14.6. The highest BCUT2D eigenvalue weighted by Crippen LogP contribution is 2.22. The number of β-amino-alcohol motifs (C(OH)–C–C–N with tert-alkyl or cyclic N) is 1. The number of hydrogen-bond acceptors (Lipinski definition) is 3. The van der Waals surface area contributed by atoms with Crippen LogP contribution in [0.3, 0.4) is 0 Å². The highest BCUT2D eigenvalue weighted by atomic mass is 32.1. The molecule has 0 saturated carbocycles. The number of aliphatic hydroxyl groups is 1. The molecule has 1 saturated heterocycles. The highest BCUT2D eigenvalue weighted by Gasteiger charge is 2.34. The van der Waals surface area contributed by atoms with Crippen LogP contribution in [0, 0.1) is 0 Å². The van der Waals surface area contributed by atoms with Crippen LogP contribution in [0.25, 0.3) is 0 Å². The second-order valence-electron chi connectivity index (χ2n) is 4.52. The van der Waals surface area contributed by atoms with Crippen LogP contribution in [-0.2, 0) is 0 Å². The van der Waals surface area contributed by atoms with E-state index in [1.165, 1.54) is 0 Å². The van der Waals surface area contributed by atoms with Crippen molar-refractivity contribution in [1.82, 2.24) is 4.90 Å². The van der Waals surface area contributed by atoms with Gasteiger partial charge >= 0.3 is 0 Å². The molecule has 1 fully saturated rings. The molecule has 1 aromatic rings. The van der Waals surface area contributed by atoms with Crippen molar-refractivity contribution < 1.29 is 9.90 Å². The second kappa shape index (κ2) is 4.11. The van der Waals surface area contributed by atoms with E-state index < -0.39 is 5.60 Å². The van der Waals surface area contributed by atoms with E-state index in [2.05, 4.69) is 12.6 Å². The van der Waals surface area contributed by atoms with Gasteiger partial charge in [-0.15, -0.1) is 12.6 Å². The minimum absolute atomic E-state index is 0.0221. The molecule has 1 aromatic carbocycles. The first-order chi connectivity index (χ1) is 7.48. The predicted molar refractivity (Wildman–Crippen MR) is 64.8 cm³/mol. The van der Waals surface area contributed by atoms with E-state index in [0.717, 1.165) is 4.90 Å². The zero-order valence-electron chi connectivity index (χ0n) is 9.18. The summed E-state index contributed by atoms with van der Waals surface area (Å²) in [5.41, 5.74) is -0.0883. The third kappa shape index (κ3) is 2.39. The fourth-order valence-corrected chi connectivity index (χ4v) is 2.05. The summed E-state index contributed by atoms with van der Waals surface area (Å²) < 4.78 is 0. The Hall–Kier alpha value is -1.00. The molecule has 0 aromatic heterocycles. The summed E-state index contributed by atoms with van der Waals surface area (Å²) in [7, 11) is 0. The standard InChI is InChI=1S/C12H15NO2S/c1-12(15)6-7-13(8-12)11(14)9-2-4-10(16)5-3-9/h2-5,15-16H,6-8H2,1H3. The van der Waals surface area contributed by atoms with E-state index in [4.69, 9.17) is 0 Å². The largest absolute Gasteiger partial charge is 0.388 e. The Morgan fingerprint density at radius 2 is 2.06 bits per heavy atom. The summed E-state index contributed by atoms with van der Waals surface area (Å²) >= 11 is 4.17. The monoisotopic (exact) mass is 237 g/mol. The van der Waals surface area contributed by atoms with Crippen molar-refractivity contribution in [2.45, 2.75) is 23.8 Å². The molecule has 0 radical (unpaired) electrons. The van der Waals surface area contributed by atoms with Gasteiger partial charge in [0.1, 0.15) is 0 Å². The normalized spacial score (nSPS) is 24.8. The first-order valence-corrected chi connectivity index (χ1v) is 5.73. The molecule has 1 amide bonds. The van der Waals surface area contributed by atoms with Gasteiger partial charge in [-0.05, 0) is 37.6 Å². The second-order valence-corrected chi connectivity index (χ2v) is 5.04. The van der Waals surface area contributed by atoms with Crippen LogP contribution in [0.2, 0.25) is 0 Å². The van der Waals surface area contributed by atoms with Crippen molar-refractivity contribution in [3.63, 3.8) is 0 Å². The lowest BCUT2D eigenvalue weighted by Crippen LogP contribution is -2.33. The van der Waals surface area contributed by atoms with Gasteiger partial charge < -0.3 is 10.0 Å². The maximum absolute atomic E-state index is 12.0. The molecule has 1 N–H and O–H groups in total. The van der Waals surface area contributed by atoms with Gasteiger partial charge in [0.2, 0.25) is 0 Å². The predicted octanol–water partition coefficient (Wildman–Crippen LogP) is 1.57. The number of carbonyl (C=O) groups is 1. The highest BCUT2D eigenvalue weighted by molar-refractivity contribution is 7.80. The number of hydrogen-bond donors (Lipinski definition) is 2. The van der Waals surface area contributed by atoms with Crippen molar-refractivity contribution in [3.05, 3.63) is 29.8 Å². The topological polar surface area (TPSA) is 40.5 Å². The summed E-state index contributed by atoms with van der Waals surface area (Å²) in [5, 5.41) is 9.80. The molecular weight excluding hydrogens is 222 g/mol. The molecule has 16 heavy (non-hydrogen) atoms. The lowest BCUT2D eigenvalue weighted by atomic mass is 10.1. The molecular formula is C12H15NO2S. The fraction of sp³-hybridized carbons (Fsp3) is 0.417. The Labute approximate surface area is 100 Å². The van der Waals surface area contributed by atoms with E-state index in [-0.39, 0.29) is 5.91 Å². The third-order valence-corrected chi connectivity index (χ3v) is 3.15. The number of nitrogens with zero attached hydrogens (tertiary/aromatic N) is 1. The SMILES string of the molecule is CC1(O)CCN(C(=O)c2ccc(S)cc2)C1. The Bertz CT molecular complexity index is 400. The minimum Gasteiger partial charge on any atom is -0.388 e. The Morgan fingerprint density at radius 1 is 1.44 bits per heavy atom. The number of amides is 1. The van der Waals surface area contributed by atoms with Crippen molar-refractivity contribution in [2.24, 2.45) is 0 Å². The van der Waals surface area contributed by atoms with Crippen LogP contribution in [0.5, 0.6) is 0 Å². The van der Waals surface area contributed by atoms with Crippen molar-refractivity contribution in [3.8, 4) is 0 Å². The number of likely N-dealkylation sites (tertiary alicyclic amines) is 1. The molecule has 3 nitrogen and oxygen atoms in total. The molecule has 4 heteroatoms. The summed E-state index contributed by atoms with van der Waals surface area (Å²) in [5.74, 6) is -0.0221. The molecule has 0 aliphatic carbocycles. The van der Waals surface area contributed by atoms with Gasteiger partial charge in [-0.1, -0.05) is 0 Å². The summed E-state index contributed by atoms with van der Waals surface area (Å²) in [6.45, 7) is 2.79. The Kier molecular flexibility index (Phi) is 2.95. The van der Waals surface area contributed by atoms with E-state index in [9.17, 15) is 9.90 Å². The van der Waals surface area contributed by atoms with Crippen LogP contribution < -0.4 is 0 Å². The van der Waals surface area contributed by atoms with Gasteiger partial charge in [0.15, 0.2) is 0 Å². The smallest absolute Gasteiger partial charge is 0.253 e. The molecule has 1 aliphatic heterocycles. The zero-order chi connectivity index (χ0) is 11.8. The Morgan fingerprint density at radius 3 is 2.56 bits per heavy atom. The number of carbonyl (C=O) groups excluding carboxylic acids is 1. The number of thiol groups is 1. The molecule has 86 valence electrons. The Balaban J connectivity index is 2.12. The van der Waals surface area contributed by atoms with Gasteiger partial charge in [-0.2, -0.15) is 0 Å². The maximum Gasteiger partial charge on any atom is 0.253 e. The fourth-order valence-electron chi connectivity index (χ4n) is 1.91. The van der Waals surface area contributed by atoms with Crippen molar-refractivity contribution in [1.29, 1.82) is 0 Å².